The zero-order valence-corrected chi connectivity index (χ0v) is 19.9. The number of aryl methyl sites for hydroxylation is 2. The van der Waals surface area contributed by atoms with Crippen molar-refractivity contribution >= 4 is 46.1 Å². The Bertz CT molecular complexity index is 1150. The molecular weight excluding hydrogens is 456 g/mol. The zero-order chi connectivity index (χ0) is 24.8. The van der Waals surface area contributed by atoms with Crippen LogP contribution in [0.5, 0.6) is 5.75 Å². The number of amidine groups is 1. The molecule has 3 rings (SSSR count). The van der Waals surface area contributed by atoms with Crippen LogP contribution in [0.2, 0.25) is 0 Å². The summed E-state index contributed by atoms with van der Waals surface area (Å²) in [6.07, 6.45) is -0.00386. The molecule has 2 aromatic carbocycles. The van der Waals surface area contributed by atoms with Crippen molar-refractivity contribution < 1.29 is 24.2 Å². The molecular formula is C24H26N4O5S. The molecule has 0 saturated carbocycles. The Balaban J connectivity index is 1.62. The van der Waals surface area contributed by atoms with Crippen LogP contribution in [0.1, 0.15) is 23.1 Å². The maximum Gasteiger partial charge on any atom is 0.341 e. The number of hydrogen-bond donors (Lipinski definition) is 3. The van der Waals surface area contributed by atoms with Crippen LogP contribution in [-0.2, 0) is 14.4 Å². The highest BCUT2D eigenvalue weighted by Gasteiger charge is 2.39. The number of hydrogen-bond acceptors (Lipinski definition) is 7. The fourth-order valence-corrected chi connectivity index (χ4v) is 4.32. The highest BCUT2D eigenvalue weighted by molar-refractivity contribution is 8.15. The summed E-state index contributed by atoms with van der Waals surface area (Å²) < 4.78 is 5.12. The number of aliphatic imine (C=N–C) groups is 1. The smallest absolute Gasteiger partial charge is 0.341 e. The minimum Gasteiger partial charge on any atom is -0.482 e. The summed E-state index contributed by atoms with van der Waals surface area (Å²) in [5.41, 5.74) is 6.83. The van der Waals surface area contributed by atoms with Crippen molar-refractivity contribution in [1.82, 2.24) is 10.4 Å². The van der Waals surface area contributed by atoms with E-state index < -0.39 is 17.8 Å². The maximum absolute atomic E-state index is 13.0. The van der Waals surface area contributed by atoms with Crippen LogP contribution >= 0.6 is 11.8 Å². The standard InChI is InChI=1S/C24H26N4O5S/c1-14-5-10-19(15(2)11-14)26-21(29)12-20-23(32)28(24(25-4)34-20)27-16(3)17-6-8-18(9-7-17)33-13-22(30)31/h5-11,20,27H,3,12-13H2,1-2,4H3,(H,26,29)(H,30,31)/t20-/m0/s1. The number of benzene rings is 2. The highest BCUT2D eigenvalue weighted by Crippen LogP contribution is 2.30. The van der Waals surface area contributed by atoms with Gasteiger partial charge in [0.05, 0.1) is 5.70 Å². The minimum absolute atomic E-state index is 0.00386. The first-order chi connectivity index (χ1) is 16.2. The first-order valence-electron chi connectivity index (χ1n) is 10.4. The molecule has 0 spiro atoms. The maximum atomic E-state index is 13.0. The van der Waals surface area contributed by atoms with Crippen molar-refractivity contribution in [2.75, 3.05) is 19.0 Å². The third-order valence-corrected chi connectivity index (χ3v) is 6.19. The molecule has 0 aromatic heterocycles. The number of carboxylic acids is 1. The Morgan fingerprint density at radius 2 is 1.91 bits per heavy atom. The second kappa shape index (κ2) is 10.9. The molecule has 1 aliphatic rings. The van der Waals surface area contributed by atoms with Gasteiger partial charge in [0.2, 0.25) is 5.91 Å². The Morgan fingerprint density at radius 1 is 1.21 bits per heavy atom. The van der Waals surface area contributed by atoms with Gasteiger partial charge in [0.1, 0.15) is 11.0 Å². The molecule has 2 aromatic rings. The van der Waals surface area contributed by atoms with E-state index in [1.165, 1.54) is 16.8 Å². The number of rotatable bonds is 9. The number of nitrogens with zero attached hydrogens (tertiary/aromatic N) is 2. The topological polar surface area (TPSA) is 120 Å². The molecule has 178 valence electrons. The van der Waals surface area contributed by atoms with Crippen LogP contribution < -0.4 is 15.5 Å². The van der Waals surface area contributed by atoms with Gasteiger partial charge in [-0.25, -0.2) is 4.79 Å². The van der Waals surface area contributed by atoms with E-state index in [2.05, 4.69) is 22.3 Å². The summed E-state index contributed by atoms with van der Waals surface area (Å²) in [5.74, 6) is -1.23. The summed E-state index contributed by atoms with van der Waals surface area (Å²) in [6.45, 7) is 7.43. The number of ether oxygens (including phenoxy) is 1. The summed E-state index contributed by atoms with van der Waals surface area (Å²) in [4.78, 5) is 40.4. The van der Waals surface area contributed by atoms with E-state index in [9.17, 15) is 14.4 Å². The van der Waals surface area contributed by atoms with Crippen LogP contribution in [0.15, 0.2) is 54.0 Å². The predicted octanol–water partition coefficient (Wildman–Crippen LogP) is 3.20. The van der Waals surface area contributed by atoms with E-state index in [1.54, 1.807) is 31.3 Å². The number of hydrazine groups is 1. The summed E-state index contributed by atoms with van der Waals surface area (Å²) in [6, 6.07) is 12.4. The molecule has 0 unspecified atom stereocenters. The highest BCUT2D eigenvalue weighted by atomic mass is 32.2. The van der Waals surface area contributed by atoms with Gasteiger partial charge < -0.3 is 15.2 Å². The van der Waals surface area contributed by atoms with Crippen molar-refractivity contribution in [1.29, 1.82) is 0 Å². The molecule has 3 N–H and O–H groups in total. The molecule has 1 heterocycles. The largest absolute Gasteiger partial charge is 0.482 e. The zero-order valence-electron chi connectivity index (χ0n) is 19.1. The van der Waals surface area contributed by atoms with Crippen LogP contribution in [0.25, 0.3) is 5.70 Å². The molecule has 2 amide bonds. The molecule has 10 heteroatoms. The number of amides is 2. The Kier molecular flexibility index (Phi) is 7.95. The second-order valence-corrected chi connectivity index (χ2v) is 8.82. The van der Waals surface area contributed by atoms with E-state index in [0.717, 1.165) is 16.8 Å². The second-order valence-electron chi connectivity index (χ2n) is 7.65. The summed E-state index contributed by atoms with van der Waals surface area (Å²) >= 11 is 1.21. The molecule has 34 heavy (non-hydrogen) atoms. The van der Waals surface area contributed by atoms with Crippen LogP contribution in [0.4, 0.5) is 5.69 Å². The van der Waals surface area contributed by atoms with Gasteiger partial charge in [-0.3, -0.25) is 20.0 Å². The van der Waals surface area contributed by atoms with Crippen LogP contribution in [-0.4, -0.2) is 52.0 Å². The Morgan fingerprint density at radius 3 is 2.53 bits per heavy atom. The van der Waals surface area contributed by atoms with E-state index in [1.807, 2.05) is 32.0 Å². The van der Waals surface area contributed by atoms with E-state index in [4.69, 9.17) is 9.84 Å². The lowest BCUT2D eigenvalue weighted by Crippen LogP contribution is -2.42. The Labute approximate surface area is 201 Å². The normalized spacial score (nSPS) is 16.4. The monoisotopic (exact) mass is 482 g/mol. The van der Waals surface area contributed by atoms with Gasteiger partial charge in [-0.1, -0.05) is 36.0 Å². The first-order valence-corrected chi connectivity index (χ1v) is 11.3. The van der Waals surface area contributed by atoms with Crippen molar-refractivity contribution in [3.05, 3.63) is 65.7 Å². The van der Waals surface area contributed by atoms with Gasteiger partial charge in [0, 0.05) is 19.2 Å². The number of carbonyl (C=O) groups excluding carboxylic acids is 2. The average Bonchev–Trinajstić information content (AvgIpc) is 3.08. The summed E-state index contributed by atoms with van der Waals surface area (Å²) in [7, 11) is 1.57. The predicted molar refractivity (Wildman–Crippen MR) is 132 cm³/mol. The number of aliphatic carboxylic acids is 1. The fraction of sp³-hybridized carbons (Fsp3) is 0.250. The number of anilines is 1. The SMILES string of the molecule is C=C(NN1C(=O)[C@H](CC(=O)Nc2ccc(C)cc2C)SC1=NC)c1ccc(OCC(=O)O)cc1. The average molecular weight is 483 g/mol. The number of nitrogens with one attached hydrogen (secondary N) is 2. The van der Waals surface area contributed by atoms with E-state index in [0.29, 0.717) is 22.2 Å². The van der Waals surface area contributed by atoms with Crippen molar-refractivity contribution in [2.45, 2.75) is 25.5 Å². The van der Waals surface area contributed by atoms with Crippen LogP contribution in [0, 0.1) is 13.8 Å². The van der Waals surface area contributed by atoms with Gasteiger partial charge in [0.15, 0.2) is 11.8 Å². The fourth-order valence-electron chi connectivity index (χ4n) is 3.27. The molecule has 0 aliphatic carbocycles. The van der Waals surface area contributed by atoms with E-state index in [-0.39, 0.29) is 18.2 Å². The van der Waals surface area contributed by atoms with Gasteiger partial charge in [-0.15, -0.1) is 0 Å². The van der Waals surface area contributed by atoms with Crippen molar-refractivity contribution in [3.63, 3.8) is 0 Å². The third-order valence-electron chi connectivity index (χ3n) is 4.96. The summed E-state index contributed by atoms with van der Waals surface area (Å²) in [5, 5.41) is 12.7. The lowest BCUT2D eigenvalue weighted by atomic mass is 10.1. The van der Waals surface area contributed by atoms with Crippen molar-refractivity contribution in [3.8, 4) is 5.75 Å². The Hall–Kier alpha value is -3.79. The third kappa shape index (κ3) is 6.16. The van der Waals surface area contributed by atoms with Gasteiger partial charge in [-0.05, 0) is 55.3 Å². The lowest BCUT2D eigenvalue weighted by molar-refractivity contribution is -0.139. The molecule has 1 fully saturated rings. The minimum atomic E-state index is -1.07. The molecule has 1 aliphatic heterocycles. The molecule has 0 bridgehead atoms. The van der Waals surface area contributed by atoms with Gasteiger partial charge in [0.25, 0.3) is 5.91 Å². The van der Waals surface area contributed by atoms with Crippen LogP contribution in [0.3, 0.4) is 0 Å². The van der Waals surface area contributed by atoms with E-state index >= 15 is 0 Å². The molecule has 9 nitrogen and oxygen atoms in total. The first kappa shape index (κ1) is 24.8. The quantitative estimate of drug-likeness (QED) is 0.502. The number of carboxylic acid groups (broad SMARTS) is 1. The number of thioether (sulfide) groups is 1. The molecule has 1 atom stereocenters. The molecule has 0 radical (unpaired) electrons. The molecule has 1 saturated heterocycles. The number of carbonyl (C=O) groups is 3. The van der Waals surface area contributed by atoms with Gasteiger partial charge in [-0.2, -0.15) is 5.01 Å². The lowest BCUT2D eigenvalue weighted by Gasteiger charge is -2.20. The van der Waals surface area contributed by atoms with Gasteiger partial charge >= 0.3 is 5.97 Å². The van der Waals surface area contributed by atoms with Crippen molar-refractivity contribution in [2.24, 2.45) is 4.99 Å².